The molecule has 0 radical (unpaired) electrons. The Bertz CT molecular complexity index is 998. The van der Waals surface area contributed by atoms with Gasteiger partial charge in [0, 0.05) is 12.7 Å². The highest BCUT2D eigenvalue weighted by Gasteiger charge is 2.38. The highest BCUT2D eigenvalue weighted by atomic mass is 19.4. The second kappa shape index (κ2) is 6.86. The fraction of sp³-hybridized carbons (Fsp3) is 0.294. The zero-order valence-electron chi connectivity index (χ0n) is 14.4. The normalized spacial score (nSPS) is 11.9. The lowest BCUT2D eigenvalue weighted by Gasteiger charge is -2.14. The van der Waals surface area contributed by atoms with Gasteiger partial charge < -0.3 is 10.4 Å². The lowest BCUT2D eigenvalue weighted by Crippen LogP contribution is -2.13. The molecule has 10 heteroatoms. The van der Waals surface area contributed by atoms with Crippen LogP contribution in [-0.4, -0.2) is 37.8 Å². The van der Waals surface area contributed by atoms with Crippen molar-refractivity contribution in [3.63, 3.8) is 0 Å². The SMILES string of the molecule is CC(C)CNc1nc2cc(C(=O)O)ccc2nc1-c1c[nH]nc1C(F)(F)F. The van der Waals surface area contributed by atoms with Crippen LogP contribution in [0.1, 0.15) is 29.9 Å². The second-order valence-electron chi connectivity index (χ2n) is 6.35. The monoisotopic (exact) mass is 379 g/mol. The number of H-pyrrole nitrogens is 1. The van der Waals surface area contributed by atoms with Crippen LogP contribution in [0.5, 0.6) is 0 Å². The van der Waals surface area contributed by atoms with E-state index in [-0.39, 0.29) is 39.6 Å². The van der Waals surface area contributed by atoms with E-state index < -0.39 is 17.8 Å². The standard InChI is InChI=1S/C17H16F3N5O2/c1-8(2)6-21-15-13(10-7-22-25-14(10)17(18,19)20)23-11-4-3-9(16(26)27)5-12(11)24-15/h3-5,7-8H,6H2,1-2H3,(H,21,24)(H,22,25)(H,26,27). The molecule has 3 rings (SSSR count). The summed E-state index contributed by atoms with van der Waals surface area (Å²) in [5, 5.41) is 17.6. The molecule has 0 aliphatic carbocycles. The number of hydrogen-bond donors (Lipinski definition) is 3. The molecule has 0 aliphatic heterocycles. The predicted octanol–water partition coefficient (Wildman–Crippen LogP) is 3.80. The number of aromatic nitrogens is 4. The maximum Gasteiger partial charge on any atom is 0.435 e. The largest absolute Gasteiger partial charge is 0.478 e. The molecule has 27 heavy (non-hydrogen) atoms. The van der Waals surface area contributed by atoms with Gasteiger partial charge in [-0.05, 0) is 24.1 Å². The van der Waals surface area contributed by atoms with Crippen LogP contribution in [-0.2, 0) is 6.18 Å². The smallest absolute Gasteiger partial charge is 0.435 e. The molecule has 3 aromatic rings. The van der Waals surface area contributed by atoms with E-state index in [0.717, 1.165) is 6.20 Å². The first-order valence-electron chi connectivity index (χ1n) is 8.07. The minimum absolute atomic E-state index is 0.00713. The number of nitrogens with one attached hydrogen (secondary N) is 2. The van der Waals surface area contributed by atoms with Gasteiger partial charge in [0.1, 0.15) is 5.69 Å². The van der Waals surface area contributed by atoms with Crippen LogP contribution in [0.25, 0.3) is 22.3 Å². The van der Waals surface area contributed by atoms with Gasteiger partial charge in [0.15, 0.2) is 11.5 Å². The summed E-state index contributed by atoms with van der Waals surface area (Å²) in [6.45, 7) is 4.32. The minimum Gasteiger partial charge on any atom is -0.478 e. The molecule has 0 saturated carbocycles. The number of aromatic carboxylic acids is 1. The van der Waals surface area contributed by atoms with Crippen molar-refractivity contribution in [3.8, 4) is 11.3 Å². The van der Waals surface area contributed by atoms with Crippen molar-refractivity contribution in [1.29, 1.82) is 0 Å². The third-order valence-corrected chi connectivity index (χ3v) is 3.75. The van der Waals surface area contributed by atoms with Crippen molar-refractivity contribution >= 4 is 22.8 Å². The average Bonchev–Trinajstić information content (AvgIpc) is 3.08. The highest BCUT2D eigenvalue weighted by Crippen LogP contribution is 2.37. The topological polar surface area (TPSA) is 104 Å². The molecule has 0 amide bonds. The van der Waals surface area contributed by atoms with Gasteiger partial charge in [0.2, 0.25) is 0 Å². The Morgan fingerprint density at radius 1 is 1.26 bits per heavy atom. The summed E-state index contributed by atoms with van der Waals surface area (Å²) in [5.41, 5.74) is -0.774. The Morgan fingerprint density at radius 3 is 2.63 bits per heavy atom. The van der Waals surface area contributed by atoms with Gasteiger partial charge in [-0.2, -0.15) is 18.3 Å². The fourth-order valence-corrected chi connectivity index (χ4v) is 2.49. The number of rotatable bonds is 5. The van der Waals surface area contributed by atoms with Crippen molar-refractivity contribution in [3.05, 3.63) is 35.7 Å². The van der Waals surface area contributed by atoms with Gasteiger partial charge >= 0.3 is 12.1 Å². The lowest BCUT2D eigenvalue weighted by molar-refractivity contribution is -0.140. The van der Waals surface area contributed by atoms with E-state index in [1.165, 1.54) is 18.2 Å². The minimum atomic E-state index is -4.66. The van der Waals surface area contributed by atoms with Gasteiger partial charge in [0.05, 0.1) is 22.2 Å². The zero-order chi connectivity index (χ0) is 19.8. The van der Waals surface area contributed by atoms with Crippen LogP contribution in [0.2, 0.25) is 0 Å². The van der Waals surface area contributed by atoms with Crippen molar-refractivity contribution in [2.24, 2.45) is 5.92 Å². The molecular weight excluding hydrogens is 363 g/mol. The van der Waals surface area contributed by atoms with E-state index in [4.69, 9.17) is 5.11 Å². The summed E-state index contributed by atoms with van der Waals surface area (Å²) < 4.78 is 39.8. The fourth-order valence-electron chi connectivity index (χ4n) is 2.49. The predicted molar refractivity (Wildman–Crippen MR) is 92.4 cm³/mol. The number of hydrogen-bond acceptors (Lipinski definition) is 5. The Balaban J connectivity index is 2.21. The molecular formula is C17H16F3N5O2. The zero-order valence-corrected chi connectivity index (χ0v) is 14.4. The number of carboxylic acid groups (broad SMARTS) is 1. The third-order valence-electron chi connectivity index (χ3n) is 3.75. The number of carboxylic acids is 1. The summed E-state index contributed by atoms with van der Waals surface area (Å²) in [7, 11) is 0. The van der Waals surface area contributed by atoms with Crippen molar-refractivity contribution in [1.82, 2.24) is 20.2 Å². The molecule has 0 fully saturated rings. The average molecular weight is 379 g/mol. The molecule has 142 valence electrons. The van der Waals surface area contributed by atoms with Crippen LogP contribution in [0.4, 0.5) is 19.0 Å². The Hall–Kier alpha value is -3.17. The van der Waals surface area contributed by atoms with Gasteiger partial charge in [-0.15, -0.1) is 0 Å². The summed E-state index contributed by atoms with van der Waals surface area (Å²) in [6, 6.07) is 4.06. The molecule has 0 bridgehead atoms. The molecule has 0 unspecified atom stereocenters. The van der Waals surface area contributed by atoms with E-state index in [1.54, 1.807) is 0 Å². The van der Waals surface area contributed by atoms with Crippen LogP contribution >= 0.6 is 0 Å². The Kier molecular flexibility index (Phi) is 4.73. The van der Waals surface area contributed by atoms with Crippen LogP contribution in [0.15, 0.2) is 24.4 Å². The number of benzene rings is 1. The van der Waals surface area contributed by atoms with Gasteiger partial charge in [-0.25, -0.2) is 14.8 Å². The van der Waals surface area contributed by atoms with Crippen molar-refractivity contribution in [2.75, 3.05) is 11.9 Å². The number of alkyl halides is 3. The Morgan fingerprint density at radius 2 is 2.00 bits per heavy atom. The second-order valence-corrected chi connectivity index (χ2v) is 6.35. The quantitative estimate of drug-likeness (QED) is 0.623. The van der Waals surface area contributed by atoms with E-state index >= 15 is 0 Å². The molecule has 7 nitrogen and oxygen atoms in total. The molecule has 3 N–H and O–H groups in total. The van der Waals surface area contributed by atoms with Gasteiger partial charge in [-0.1, -0.05) is 13.8 Å². The summed E-state index contributed by atoms with van der Waals surface area (Å²) >= 11 is 0. The maximum atomic E-state index is 13.3. The molecule has 0 aliphatic rings. The van der Waals surface area contributed by atoms with Crippen LogP contribution in [0.3, 0.4) is 0 Å². The number of aromatic amines is 1. The first-order valence-corrected chi connectivity index (χ1v) is 8.07. The molecule has 0 saturated heterocycles. The van der Waals surface area contributed by atoms with E-state index in [0.29, 0.717) is 6.54 Å². The molecule has 0 spiro atoms. The first kappa shape index (κ1) is 18.6. The van der Waals surface area contributed by atoms with Crippen LogP contribution in [0, 0.1) is 5.92 Å². The van der Waals surface area contributed by atoms with Gasteiger partial charge in [0.25, 0.3) is 0 Å². The van der Waals surface area contributed by atoms with Gasteiger partial charge in [-0.3, -0.25) is 5.10 Å². The number of carbonyl (C=O) groups is 1. The van der Waals surface area contributed by atoms with Crippen LogP contribution < -0.4 is 5.32 Å². The van der Waals surface area contributed by atoms with Crippen molar-refractivity contribution in [2.45, 2.75) is 20.0 Å². The molecule has 1 aromatic carbocycles. The Labute approximate surface area is 151 Å². The molecule has 2 heterocycles. The molecule has 0 atom stereocenters. The van der Waals surface area contributed by atoms with E-state index in [2.05, 4.69) is 25.5 Å². The number of anilines is 1. The first-order chi connectivity index (χ1) is 12.7. The highest BCUT2D eigenvalue weighted by molar-refractivity contribution is 5.93. The number of fused-ring (bicyclic) bond motifs is 1. The van der Waals surface area contributed by atoms with E-state index in [9.17, 15) is 18.0 Å². The third kappa shape index (κ3) is 3.83. The van der Waals surface area contributed by atoms with Crippen molar-refractivity contribution < 1.29 is 23.1 Å². The van der Waals surface area contributed by atoms with E-state index in [1.807, 2.05) is 13.8 Å². The lowest BCUT2D eigenvalue weighted by atomic mass is 10.1. The number of halogens is 3. The summed E-state index contributed by atoms with van der Waals surface area (Å²) in [4.78, 5) is 19.8. The number of nitrogens with zero attached hydrogens (tertiary/aromatic N) is 3. The summed E-state index contributed by atoms with van der Waals surface area (Å²) in [6.07, 6.45) is -3.54. The summed E-state index contributed by atoms with van der Waals surface area (Å²) in [5.74, 6) is -0.800. The molecule has 2 aromatic heterocycles. The maximum absolute atomic E-state index is 13.3.